The molecule has 0 saturated heterocycles. The molecule has 2 N–H and O–H groups in total. The van der Waals surface area contributed by atoms with Crippen molar-refractivity contribution in [1.29, 1.82) is 0 Å². The van der Waals surface area contributed by atoms with Crippen LogP contribution in [0.15, 0.2) is 0 Å². The SMILES string of the molecule is CC1(C)[C@H]2CC[C@@]1(C)[C@@H](NC(=O)CCNC(=O)C1CCCC1)C2. The Morgan fingerprint density at radius 3 is 2.35 bits per heavy atom. The normalized spacial score (nSPS) is 35.4. The van der Waals surface area contributed by atoms with Crippen LogP contribution in [-0.2, 0) is 9.59 Å². The fourth-order valence-electron chi connectivity index (χ4n) is 5.32. The fourth-order valence-corrected chi connectivity index (χ4v) is 5.32. The lowest BCUT2D eigenvalue weighted by molar-refractivity contribution is -0.125. The van der Waals surface area contributed by atoms with E-state index in [1.807, 2.05) is 0 Å². The summed E-state index contributed by atoms with van der Waals surface area (Å²) in [5, 5.41) is 6.20. The van der Waals surface area contributed by atoms with E-state index in [2.05, 4.69) is 31.4 Å². The van der Waals surface area contributed by atoms with Crippen molar-refractivity contribution in [1.82, 2.24) is 10.6 Å². The Bertz CT molecular complexity index is 482. The van der Waals surface area contributed by atoms with Gasteiger partial charge in [0, 0.05) is 24.9 Å². The molecule has 0 radical (unpaired) electrons. The summed E-state index contributed by atoms with van der Waals surface area (Å²) in [6.45, 7) is 7.53. The monoisotopic (exact) mass is 320 g/mol. The Kier molecular flexibility index (Phi) is 4.45. The van der Waals surface area contributed by atoms with E-state index in [1.165, 1.54) is 12.8 Å². The number of fused-ring (bicyclic) bond motifs is 2. The van der Waals surface area contributed by atoms with E-state index in [0.717, 1.165) is 38.0 Å². The van der Waals surface area contributed by atoms with Crippen molar-refractivity contribution >= 4 is 11.8 Å². The van der Waals surface area contributed by atoms with Crippen LogP contribution >= 0.6 is 0 Å². The van der Waals surface area contributed by atoms with Gasteiger partial charge in [-0.15, -0.1) is 0 Å². The molecule has 0 spiro atoms. The van der Waals surface area contributed by atoms with Crippen molar-refractivity contribution in [2.45, 2.75) is 78.2 Å². The second kappa shape index (κ2) is 6.10. The minimum absolute atomic E-state index is 0.0892. The summed E-state index contributed by atoms with van der Waals surface area (Å²) < 4.78 is 0. The van der Waals surface area contributed by atoms with Crippen LogP contribution in [-0.4, -0.2) is 24.4 Å². The summed E-state index contributed by atoms with van der Waals surface area (Å²) in [4.78, 5) is 24.2. The molecule has 23 heavy (non-hydrogen) atoms. The van der Waals surface area contributed by atoms with Gasteiger partial charge in [-0.25, -0.2) is 0 Å². The van der Waals surface area contributed by atoms with Crippen molar-refractivity contribution in [3.8, 4) is 0 Å². The van der Waals surface area contributed by atoms with Gasteiger partial charge in [-0.1, -0.05) is 33.6 Å². The van der Waals surface area contributed by atoms with Crippen LogP contribution in [0.3, 0.4) is 0 Å². The molecule has 3 fully saturated rings. The molecule has 3 atom stereocenters. The molecule has 4 heteroatoms. The van der Waals surface area contributed by atoms with Crippen molar-refractivity contribution in [3.05, 3.63) is 0 Å². The average Bonchev–Trinajstić information content (AvgIpc) is 3.13. The van der Waals surface area contributed by atoms with Crippen LogP contribution < -0.4 is 10.6 Å². The molecule has 3 aliphatic carbocycles. The lowest BCUT2D eigenvalue weighted by Gasteiger charge is -2.39. The number of hydrogen-bond acceptors (Lipinski definition) is 2. The topological polar surface area (TPSA) is 58.2 Å². The van der Waals surface area contributed by atoms with Crippen molar-refractivity contribution < 1.29 is 9.59 Å². The highest BCUT2D eigenvalue weighted by atomic mass is 16.2. The molecule has 0 aromatic heterocycles. The third-order valence-corrected chi connectivity index (χ3v) is 7.51. The van der Waals surface area contributed by atoms with Gasteiger partial charge in [-0.2, -0.15) is 0 Å². The molecular weight excluding hydrogens is 288 g/mol. The Hall–Kier alpha value is -1.06. The van der Waals surface area contributed by atoms with Crippen LogP contribution in [0.25, 0.3) is 0 Å². The second-order valence-electron chi connectivity index (χ2n) is 8.75. The van der Waals surface area contributed by atoms with E-state index >= 15 is 0 Å². The quantitative estimate of drug-likeness (QED) is 0.818. The maximum atomic E-state index is 12.3. The summed E-state index contributed by atoms with van der Waals surface area (Å²) in [6.07, 6.45) is 8.37. The third-order valence-electron chi connectivity index (χ3n) is 7.51. The molecule has 0 unspecified atom stereocenters. The van der Waals surface area contributed by atoms with Gasteiger partial charge in [0.2, 0.25) is 11.8 Å². The first-order chi connectivity index (χ1) is 10.8. The first-order valence-corrected chi connectivity index (χ1v) is 9.41. The summed E-state index contributed by atoms with van der Waals surface area (Å²) in [7, 11) is 0. The number of hydrogen-bond donors (Lipinski definition) is 2. The first-order valence-electron chi connectivity index (χ1n) is 9.41. The Morgan fingerprint density at radius 2 is 1.78 bits per heavy atom. The summed E-state index contributed by atoms with van der Waals surface area (Å²) >= 11 is 0. The van der Waals surface area contributed by atoms with Crippen LogP contribution in [0.1, 0.15) is 72.1 Å². The van der Waals surface area contributed by atoms with Gasteiger partial charge >= 0.3 is 0 Å². The highest BCUT2D eigenvalue weighted by molar-refractivity contribution is 5.80. The van der Waals surface area contributed by atoms with Gasteiger partial charge < -0.3 is 10.6 Å². The molecule has 130 valence electrons. The molecule has 3 saturated carbocycles. The van der Waals surface area contributed by atoms with E-state index in [0.29, 0.717) is 24.4 Å². The summed E-state index contributed by atoms with van der Waals surface area (Å²) in [5.41, 5.74) is 0.544. The molecule has 0 heterocycles. The third kappa shape index (κ3) is 2.89. The number of carbonyl (C=O) groups excluding carboxylic acids is 2. The molecule has 2 bridgehead atoms. The zero-order valence-corrected chi connectivity index (χ0v) is 14.9. The van der Waals surface area contributed by atoms with E-state index < -0.39 is 0 Å². The van der Waals surface area contributed by atoms with Crippen molar-refractivity contribution in [2.75, 3.05) is 6.54 Å². The highest BCUT2D eigenvalue weighted by Gasteiger charge is 2.61. The molecular formula is C19H32N2O2. The molecule has 0 aromatic rings. The van der Waals surface area contributed by atoms with Crippen molar-refractivity contribution in [2.24, 2.45) is 22.7 Å². The van der Waals surface area contributed by atoms with E-state index in [1.54, 1.807) is 0 Å². The van der Waals surface area contributed by atoms with Gasteiger partial charge in [-0.05, 0) is 48.9 Å². The molecule has 3 aliphatic rings. The number of rotatable bonds is 5. The predicted molar refractivity (Wildman–Crippen MR) is 90.7 cm³/mol. The standard InChI is InChI=1S/C19H32N2O2/c1-18(2)14-8-10-19(18,3)15(12-14)21-16(22)9-11-20-17(23)13-6-4-5-7-13/h13-15H,4-12H2,1-3H3,(H,20,23)(H,21,22)/t14-,15-,19-/m0/s1. The Labute approximate surface area is 140 Å². The van der Waals surface area contributed by atoms with Crippen molar-refractivity contribution in [3.63, 3.8) is 0 Å². The number of carbonyl (C=O) groups is 2. The van der Waals surface area contributed by atoms with Gasteiger partial charge in [0.15, 0.2) is 0 Å². The zero-order valence-electron chi connectivity index (χ0n) is 14.9. The highest BCUT2D eigenvalue weighted by Crippen LogP contribution is 2.65. The zero-order chi connectivity index (χ0) is 16.7. The van der Waals surface area contributed by atoms with Crippen LogP contribution in [0.4, 0.5) is 0 Å². The fraction of sp³-hybridized carbons (Fsp3) is 0.895. The minimum Gasteiger partial charge on any atom is -0.355 e. The molecule has 4 nitrogen and oxygen atoms in total. The minimum atomic E-state index is 0.0892. The number of amides is 2. The molecule has 3 rings (SSSR count). The largest absolute Gasteiger partial charge is 0.355 e. The maximum Gasteiger partial charge on any atom is 0.223 e. The van der Waals surface area contributed by atoms with Gasteiger partial charge in [0.25, 0.3) is 0 Å². The van der Waals surface area contributed by atoms with Crippen LogP contribution in [0, 0.1) is 22.7 Å². The van der Waals surface area contributed by atoms with Gasteiger partial charge in [0.05, 0.1) is 0 Å². The van der Waals surface area contributed by atoms with E-state index in [4.69, 9.17) is 0 Å². The Balaban J connectivity index is 1.43. The van der Waals surface area contributed by atoms with E-state index in [-0.39, 0.29) is 23.1 Å². The lowest BCUT2D eigenvalue weighted by atomic mass is 9.69. The molecule has 2 amide bonds. The lowest BCUT2D eigenvalue weighted by Crippen LogP contribution is -2.47. The summed E-state index contributed by atoms with van der Waals surface area (Å²) in [6, 6.07) is 0.300. The predicted octanol–water partition coefficient (Wildman–Crippen LogP) is 3.01. The van der Waals surface area contributed by atoms with Gasteiger partial charge in [-0.3, -0.25) is 9.59 Å². The van der Waals surface area contributed by atoms with Crippen LogP contribution in [0.2, 0.25) is 0 Å². The first kappa shape index (κ1) is 16.8. The Morgan fingerprint density at radius 1 is 1.09 bits per heavy atom. The van der Waals surface area contributed by atoms with E-state index in [9.17, 15) is 9.59 Å². The second-order valence-corrected chi connectivity index (χ2v) is 8.75. The number of nitrogens with one attached hydrogen (secondary N) is 2. The summed E-state index contributed by atoms with van der Waals surface area (Å²) in [5.74, 6) is 1.15. The van der Waals surface area contributed by atoms with Crippen LogP contribution in [0.5, 0.6) is 0 Å². The maximum absolute atomic E-state index is 12.3. The molecule has 0 aliphatic heterocycles. The smallest absolute Gasteiger partial charge is 0.223 e. The average molecular weight is 320 g/mol. The molecule has 0 aromatic carbocycles. The van der Waals surface area contributed by atoms with Gasteiger partial charge in [0.1, 0.15) is 0 Å².